The summed E-state index contributed by atoms with van der Waals surface area (Å²) in [5.74, 6) is 0.910. The lowest BCUT2D eigenvalue weighted by atomic mass is 10.0. The molecular weight excluding hydrogens is 260 g/mol. The van der Waals surface area contributed by atoms with Gasteiger partial charge in [-0.3, -0.25) is 4.98 Å². The zero-order valence-electron chi connectivity index (χ0n) is 12.9. The third kappa shape index (κ3) is 4.87. The van der Waals surface area contributed by atoms with E-state index in [2.05, 4.69) is 18.0 Å². The minimum Gasteiger partial charge on any atom is -0.494 e. The van der Waals surface area contributed by atoms with Gasteiger partial charge in [-0.1, -0.05) is 31.5 Å². The topological polar surface area (TPSA) is 48.1 Å². The van der Waals surface area contributed by atoms with Crippen LogP contribution in [0.1, 0.15) is 42.6 Å². The van der Waals surface area contributed by atoms with E-state index in [0.29, 0.717) is 0 Å². The van der Waals surface area contributed by atoms with E-state index in [1.165, 1.54) is 5.56 Å². The van der Waals surface area contributed by atoms with Crippen molar-refractivity contribution in [1.82, 2.24) is 4.98 Å². The van der Waals surface area contributed by atoms with Crippen molar-refractivity contribution in [2.75, 3.05) is 6.61 Å². The second-order valence-electron chi connectivity index (χ2n) is 5.41. The Balaban J connectivity index is 1.93. The van der Waals surface area contributed by atoms with Gasteiger partial charge < -0.3 is 10.5 Å². The van der Waals surface area contributed by atoms with Gasteiger partial charge in [-0.2, -0.15) is 0 Å². The number of hydrogen-bond acceptors (Lipinski definition) is 3. The number of ether oxygens (including phenoxy) is 1. The number of rotatable bonds is 7. The first-order chi connectivity index (χ1) is 10.2. The van der Waals surface area contributed by atoms with Gasteiger partial charge in [-0.05, 0) is 42.7 Å². The number of benzene rings is 1. The lowest BCUT2D eigenvalue weighted by Crippen LogP contribution is -2.14. The van der Waals surface area contributed by atoms with Crippen molar-refractivity contribution in [1.29, 1.82) is 0 Å². The number of nitrogens with two attached hydrogens (primary N) is 1. The molecule has 0 saturated carbocycles. The average molecular weight is 284 g/mol. The first-order valence-corrected chi connectivity index (χ1v) is 7.59. The largest absolute Gasteiger partial charge is 0.494 e. The summed E-state index contributed by atoms with van der Waals surface area (Å²) in [5.41, 5.74) is 9.56. The van der Waals surface area contributed by atoms with Gasteiger partial charge in [-0.25, -0.2) is 0 Å². The van der Waals surface area contributed by atoms with Crippen LogP contribution in [0, 0.1) is 6.92 Å². The standard InChI is InChI=1S/C18H24N2O/c1-3-4-11-21-17-9-6-15(7-10-17)18(19)12-16-8-5-14(2)13-20-16/h5-10,13,18H,3-4,11-12,19H2,1-2H3. The van der Waals surface area contributed by atoms with Crippen LogP contribution in [0.2, 0.25) is 0 Å². The molecule has 2 aromatic rings. The van der Waals surface area contributed by atoms with Crippen LogP contribution in [0.4, 0.5) is 0 Å². The molecule has 0 spiro atoms. The molecule has 0 aliphatic carbocycles. The van der Waals surface area contributed by atoms with Gasteiger partial charge in [0.15, 0.2) is 0 Å². The summed E-state index contributed by atoms with van der Waals surface area (Å²) in [6, 6.07) is 12.1. The minimum atomic E-state index is -0.0371. The van der Waals surface area contributed by atoms with Crippen molar-refractivity contribution >= 4 is 0 Å². The Hall–Kier alpha value is -1.87. The Morgan fingerprint density at radius 3 is 2.52 bits per heavy atom. The first kappa shape index (κ1) is 15.5. The molecule has 21 heavy (non-hydrogen) atoms. The quantitative estimate of drug-likeness (QED) is 0.786. The van der Waals surface area contributed by atoms with Crippen molar-refractivity contribution in [2.45, 2.75) is 39.2 Å². The second-order valence-corrected chi connectivity index (χ2v) is 5.41. The van der Waals surface area contributed by atoms with E-state index >= 15 is 0 Å². The lowest BCUT2D eigenvalue weighted by molar-refractivity contribution is 0.309. The van der Waals surface area contributed by atoms with Crippen molar-refractivity contribution in [3.63, 3.8) is 0 Å². The molecule has 3 heteroatoms. The fourth-order valence-electron chi connectivity index (χ4n) is 2.11. The second kappa shape index (κ2) is 7.79. The molecule has 0 aliphatic heterocycles. The third-order valence-electron chi connectivity index (χ3n) is 3.48. The Bertz CT molecular complexity index is 534. The summed E-state index contributed by atoms with van der Waals surface area (Å²) in [5, 5.41) is 0. The molecule has 0 fully saturated rings. The fraction of sp³-hybridized carbons (Fsp3) is 0.389. The van der Waals surface area contributed by atoms with Crippen LogP contribution in [0.5, 0.6) is 5.75 Å². The Morgan fingerprint density at radius 1 is 1.14 bits per heavy atom. The predicted octanol–water partition coefficient (Wildman–Crippen LogP) is 3.81. The lowest BCUT2D eigenvalue weighted by Gasteiger charge is -2.13. The van der Waals surface area contributed by atoms with Crippen molar-refractivity contribution in [3.8, 4) is 5.75 Å². The molecule has 0 radical (unpaired) electrons. The Morgan fingerprint density at radius 2 is 1.90 bits per heavy atom. The van der Waals surface area contributed by atoms with Gasteiger partial charge in [0.05, 0.1) is 6.61 Å². The van der Waals surface area contributed by atoms with Gasteiger partial charge in [0.25, 0.3) is 0 Å². The fourth-order valence-corrected chi connectivity index (χ4v) is 2.11. The minimum absolute atomic E-state index is 0.0371. The number of aryl methyl sites for hydroxylation is 1. The maximum Gasteiger partial charge on any atom is 0.119 e. The van der Waals surface area contributed by atoms with Crippen LogP contribution in [-0.4, -0.2) is 11.6 Å². The highest BCUT2D eigenvalue weighted by molar-refractivity contribution is 5.29. The van der Waals surface area contributed by atoms with Crippen molar-refractivity contribution in [3.05, 3.63) is 59.4 Å². The van der Waals surface area contributed by atoms with Gasteiger partial charge in [0, 0.05) is 24.4 Å². The van der Waals surface area contributed by atoms with E-state index < -0.39 is 0 Å². The highest BCUT2D eigenvalue weighted by Crippen LogP contribution is 2.19. The SMILES string of the molecule is CCCCOc1ccc(C(N)Cc2ccc(C)cn2)cc1. The van der Waals surface area contributed by atoms with Crippen LogP contribution in [0.3, 0.4) is 0 Å². The normalized spacial score (nSPS) is 12.1. The number of pyridine rings is 1. The van der Waals surface area contributed by atoms with E-state index in [0.717, 1.165) is 42.9 Å². The number of unbranched alkanes of at least 4 members (excludes halogenated alkanes) is 1. The van der Waals surface area contributed by atoms with Crippen molar-refractivity contribution in [2.24, 2.45) is 5.73 Å². The van der Waals surface area contributed by atoms with Crippen LogP contribution in [-0.2, 0) is 6.42 Å². The summed E-state index contributed by atoms with van der Waals surface area (Å²) < 4.78 is 5.66. The monoisotopic (exact) mass is 284 g/mol. The number of aromatic nitrogens is 1. The van der Waals surface area contributed by atoms with Crippen LogP contribution in [0.15, 0.2) is 42.6 Å². The molecule has 1 aromatic carbocycles. The highest BCUT2D eigenvalue weighted by atomic mass is 16.5. The molecule has 1 aromatic heterocycles. The highest BCUT2D eigenvalue weighted by Gasteiger charge is 2.08. The van der Waals surface area contributed by atoms with Crippen molar-refractivity contribution < 1.29 is 4.74 Å². The van der Waals surface area contributed by atoms with E-state index in [1.54, 1.807) is 0 Å². The van der Waals surface area contributed by atoms with Gasteiger partial charge in [0.1, 0.15) is 5.75 Å². The average Bonchev–Trinajstić information content (AvgIpc) is 2.50. The molecule has 112 valence electrons. The third-order valence-corrected chi connectivity index (χ3v) is 3.48. The first-order valence-electron chi connectivity index (χ1n) is 7.59. The Kier molecular flexibility index (Phi) is 5.76. The maximum absolute atomic E-state index is 6.26. The summed E-state index contributed by atoms with van der Waals surface area (Å²) in [6.07, 6.45) is 4.86. The molecule has 0 aliphatic rings. The molecule has 2 N–H and O–H groups in total. The Labute approximate surface area is 127 Å². The van der Waals surface area contributed by atoms with E-state index in [9.17, 15) is 0 Å². The van der Waals surface area contributed by atoms with E-state index in [1.807, 2.05) is 43.5 Å². The van der Waals surface area contributed by atoms with Gasteiger partial charge in [0.2, 0.25) is 0 Å². The molecule has 0 saturated heterocycles. The molecular formula is C18H24N2O. The molecule has 1 atom stereocenters. The summed E-state index contributed by atoms with van der Waals surface area (Å²) >= 11 is 0. The van der Waals surface area contributed by atoms with Crippen LogP contribution in [0.25, 0.3) is 0 Å². The predicted molar refractivity (Wildman–Crippen MR) is 86.5 cm³/mol. The smallest absolute Gasteiger partial charge is 0.119 e. The van der Waals surface area contributed by atoms with Crippen LogP contribution >= 0.6 is 0 Å². The van der Waals surface area contributed by atoms with Crippen LogP contribution < -0.4 is 10.5 Å². The van der Waals surface area contributed by atoms with E-state index in [4.69, 9.17) is 10.5 Å². The molecule has 1 heterocycles. The van der Waals surface area contributed by atoms with E-state index in [-0.39, 0.29) is 6.04 Å². The molecule has 0 bridgehead atoms. The summed E-state index contributed by atoms with van der Waals surface area (Å²) in [4.78, 5) is 4.41. The zero-order valence-corrected chi connectivity index (χ0v) is 12.9. The number of nitrogens with zero attached hydrogens (tertiary/aromatic N) is 1. The number of hydrogen-bond donors (Lipinski definition) is 1. The summed E-state index contributed by atoms with van der Waals surface area (Å²) in [6.45, 7) is 4.97. The maximum atomic E-state index is 6.26. The zero-order chi connectivity index (χ0) is 15.1. The molecule has 1 unspecified atom stereocenters. The molecule has 2 rings (SSSR count). The molecule has 3 nitrogen and oxygen atoms in total. The summed E-state index contributed by atoms with van der Waals surface area (Å²) in [7, 11) is 0. The van der Waals surface area contributed by atoms with Gasteiger partial charge >= 0.3 is 0 Å². The molecule has 0 amide bonds. The van der Waals surface area contributed by atoms with Gasteiger partial charge in [-0.15, -0.1) is 0 Å².